The lowest BCUT2D eigenvalue weighted by Crippen LogP contribution is -2.14. The fraction of sp³-hybridized carbons (Fsp3) is 0.235. The second-order valence-electron chi connectivity index (χ2n) is 5.33. The number of pyridine rings is 1. The summed E-state index contributed by atoms with van der Waals surface area (Å²) in [4.78, 5) is 23.2. The van der Waals surface area contributed by atoms with Gasteiger partial charge in [0.1, 0.15) is 18.2 Å². The average molecular weight is 313 g/mol. The molecule has 0 bridgehead atoms. The molecule has 0 atom stereocenters. The molecule has 6 heteroatoms. The lowest BCUT2D eigenvalue weighted by Gasteiger charge is -2.05. The third-order valence-electron chi connectivity index (χ3n) is 3.43. The van der Waals surface area contributed by atoms with Gasteiger partial charge in [0.15, 0.2) is 5.65 Å². The summed E-state index contributed by atoms with van der Waals surface area (Å²) in [7, 11) is 0. The molecule has 0 unspecified atom stereocenters. The number of nitrogens with one attached hydrogen (secondary N) is 1. The van der Waals surface area contributed by atoms with E-state index < -0.39 is 0 Å². The number of hydrogen-bond acceptors (Lipinski definition) is 4. The summed E-state index contributed by atoms with van der Waals surface area (Å²) in [6.45, 7) is 2.52. The highest BCUT2D eigenvalue weighted by atomic mass is 19.1. The number of halogens is 1. The Hall–Kier alpha value is -2.60. The minimum atomic E-state index is -0.254. The van der Waals surface area contributed by atoms with Crippen LogP contribution in [0.1, 0.15) is 17.0 Å². The van der Waals surface area contributed by atoms with E-state index in [2.05, 4.69) is 15.0 Å². The molecule has 118 valence electrons. The van der Waals surface area contributed by atoms with Crippen LogP contribution in [0, 0.1) is 12.7 Å². The SMILES string of the molecule is Cc1cnc2nc(COCCc3ccc(F)cc3)[nH]c(=O)c2c1. The second kappa shape index (κ2) is 6.66. The molecule has 0 spiro atoms. The van der Waals surface area contributed by atoms with E-state index in [1.165, 1.54) is 12.1 Å². The Bertz CT molecular complexity index is 875. The van der Waals surface area contributed by atoms with Gasteiger partial charge in [-0.05, 0) is 42.7 Å². The molecular formula is C17H16FN3O2. The van der Waals surface area contributed by atoms with Crippen molar-refractivity contribution in [2.45, 2.75) is 20.0 Å². The molecule has 2 aromatic heterocycles. The van der Waals surface area contributed by atoms with Gasteiger partial charge in [-0.2, -0.15) is 0 Å². The molecule has 0 saturated heterocycles. The highest BCUT2D eigenvalue weighted by Gasteiger charge is 2.05. The Balaban J connectivity index is 1.62. The molecule has 5 nitrogen and oxygen atoms in total. The standard InChI is InChI=1S/C17H16FN3O2/c1-11-8-14-16(19-9-11)20-15(21-17(14)22)10-23-7-6-12-2-4-13(18)5-3-12/h2-5,8-9H,6-7,10H2,1H3,(H,19,20,21,22). The zero-order valence-electron chi connectivity index (χ0n) is 12.7. The van der Waals surface area contributed by atoms with Crippen LogP contribution in [0.25, 0.3) is 11.0 Å². The van der Waals surface area contributed by atoms with Crippen LogP contribution in [-0.4, -0.2) is 21.6 Å². The first-order valence-corrected chi connectivity index (χ1v) is 7.29. The van der Waals surface area contributed by atoms with Gasteiger partial charge in [-0.1, -0.05) is 12.1 Å². The number of rotatable bonds is 5. The molecule has 0 amide bonds. The number of aryl methyl sites for hydroxylation is 1. The van der Waals surface area contributed by atoms with Gasteiger partial charge < -0.3 is 9.72 Å². The molecule has 0 aliphatic rings. The molecular weight excluding hydrogens is 297 g/mol. The maximum Gasteiger partial charge on any atom is 0.260 e. The van der Waals surface area contributed by atoms with Crippen molar-refractivity contribution in [2.75, 3.05) is 6.61 Å². The van der Waals surface area contributed by atoms with Crippen LogP contribution in [0.3, 0.4) is 0 Å². The first-order valence-electron chi connectivity index (χ1n) is 7.29. The summed E-state index contributed by atoms with van der Waals surface area (Å²) in [5.74, 6) is 0.188. The minimum absolute atomic E-state index is 0.196. The van der Waals surface area contributed by atoms with Gasteiger partial charge >= 0.3 is 0 Å². The van der Waals surface area contributed by atoms with Gasteiger partial charge in [-0.3, -0.25) is 4.79 Å². The van der Waals surface area contributed by atoms with Gasteiger partial charge in [0.05, 0.1) is 12.0 Å². The number of ether oxygens (including phenoxy) is 1. The molecule has 3 aromatic rings. The number of aromatic amines is 1. The highest BCUT2D eigenvalue weighted by Crippen LogP contribution is 2.07. The van der Waals surface area contributed by atoms with Crippen LogP contribution >= 0.6 is 0 Å². The molecule has 23 heavy (non-hydrogen) atoms. The van der Waals surface area contributed by atoms with Crippen molar-refractivity contribution >= 4 is 11.0 Å². The van der Waals surface area contributed by atoms with Crippen LogP contribution in [0.2, 0.25) is 0 Å². The second-order valence-corrected chi connectivity index (χ2v) is 5.33. The number of benzene rings is 1. The third-order valence-corrected chi connectivity index (χ3v) is 3.43. The van der Waals surface area contributed by atoms with Crippen molar-refractivity contribution in [1.82, 2.24) is 15.0 Å². The fourth-order valence-corrected chi connectivity index (χ4v) is 2.25. The Kier molecular flexibility index (Phi) is 4.43. The average Bonchev–Trinajstić information content (AvgIpc) is 2.54. The molecule has 1 N–H and O–H groups in total. The van der Waals surface area contributed by atoms with E-state index in [4.69, 9.17) is 4.74 Å². The molecule has 0 fully saturated rings. The normalized spacial score (nSPS) is 11.0. The van der Waals surface area contributed by atoms with E-state index in [1.54, 1.807) is 24.4 Å². The predicted molar refractivity (Wildman–Crippen MR) is 84.7 cm³/mol. The highest BCUT2D eigenvalue weighted by molar-refractivity contribution is 5.73. The van der Waals surface area contributed by atoms with Gasteiger partial charge in [0, 0.05) is 6.20 Å². The molecule has 0 saturated carbocycles. The fourth-order valence-electron chi connectivity index (χ4n) is 2.25. The van der Waals surface area contributed by atoms with Crippen LogP contribution < -0.4 is 5.56 Å². The van der Waals surface area contributed by atoms with Crippen LogP contribution in [0.5, 0.6) is 0 Å². The van der Waals surface area contributed by atoms with E-state index >= 15 is 0 Å². The predicted octanol–water partition coefficient (Wildman–Crippen LogP) is 2.52. The number of H-pyrrole nitrogens is 1. The van der Waals surface area contributed by atoms with E-state index in [0.717, 1.165) is 11.1 Å². The summed E-state index contributed by atoms with van der Waals surface area (Å²) >= 11 is 0. The molecule has 2 heterocycles. The maximum atomic E-state index is 12.8. The minimum Gasteiger partial charge on any atom is -0.373 e. The monoisotopic (exact) mass is 313 g/mol. The first kappa shape index (κ1) is 15.3. The summed E-state index contributed by atoms with van der Waals surface area (Å²) in [5, 5.41) is 0.472. The van der Waals surface area contributed by atoms with E-state index in [-0.39, 0.29) is 18.0 Å². The van der Waals surface area contributed by atoms with Crippen molar-refractivity contribution < 1.29 is 9.13 Å². The third kappa shape index (κ3) is 3.78. The topological polar surface area (TPSA) is 67.9 Å². The number of aromatic nitrogens is 3. The lowest BCUT2D eigenvalue weighted by atomic mass is 10.2. The van der Waals surface area contributed by atoms with E-state index in [9.17, 15) is 9.18 Å². The van der Waals surface area contributed by atoms with Crippen molar-refractivity contribution in [1.29, 1.82) is 0 Å². The van der Waals surface area contributed by atoms with Gasteiger partial charge in [-0.25, -0.2) is 14.4 Å². The van der Waals surface area contributed by atoms with Crippen LogP contribution in [0.15, 0.2) is 41.3 Å². The van der Waals surface area contributed by atoms with Gasteiger partial charge in [-0.15, -0.1) is 0 Å². The van der Waals surface area contributed by atoms with Crippen LogP contribution in [-0.2, 0) is 17.8 Å². The van der Waals surface area contributed by atoms with E-state index in [0.29, 0.717) is 29.9 Å². The smallest absolute Gasteiger partial charge is 0.260 e. The summed E-state index contributed by atoms with van der Waals surface area (Å²) in [6, 6.07) is 8.05. The van der Waals surface area contributed by atoms with E-state index in [1.807, 2.05) is 6.92 Å². The van der Waals surface area contributed by atoms with Crippen molar-refractivity contribution in [3.05, 3.63) is 69.7 Å². The number of hydrogen-bond donors (Lipinski definition) is 1. The van der Waals surface area contributed by atoms with Crippen molar-refractivity contribution in [3.8, 4) is 0 Å². The maximum absolute atomic E-state index is 12.8. The lowest BCUT2D eigenvalue weighted by molar-refractivity contribution is 0.118. The summed E-state index contributed by atoms with van der Waals surface area (Å²) in [6.07, 6.45) is 2.34. The molecule has 1 aromatic carbocycles. The summed E-state index contributed by atoms with van der Waals surface area (Å²) in [5.41, 5.74) is 2.09. The number of nitrogens with zero attached hydrogens (tertiary/aromatic N) is 2. The molecule has 3 rings (SSSR count). The van der Waals surface area contributed by atoms with Crippen molar-refractivity contribution in [2.24, 2.45) is 0 Å². The molecule has 0 aliphatic heterocycles. The van der Waals surface area contributed by atoms with Crippen LogP contribution in [0.4, 0.5) is 4.39 Å². The first-order chi connectivity index (χ1) is 11.1. The van der Waals surface area contributed by atoms with Gasteiger partial charge in [0.2, 0.25) is 0 Å². The Morgan fingerprint density at radius 3 is 2.83 bits per heavy atom. The Labute approximate surface area is 132 Å². The zero-order chi connectivity index (χ0) is 16.2. The Morgan fingerprint density at radius 1 is 1.26 bits per heavy atom. The molecule has 0 aliphatic carbocycles. The molecule has 0 radical (unpaired) electrons. The van der Waals surface area contributed by atoms with Gasteiger partial charge in [0.25, 0.3) is 5.56 Å². The zero-order valence-corrected chi connectivity index (χ0v) is 12.7. The number of fused-ring (bicyclic) bond motifs is 1. The van der Waals surface area contributed by atoms with Crippen molar-refractivity contribution in [3.63, 3.8) is 0 Å². The Morgan fingerprint density at radius 2 is 2.04 bits per heavy atom. The largest absolute Gasteiger partial charge is 0.373 e. The summed E-state index contributed by atoms with van der Waals surface area (Å²) < 4.78 is 18.3. The quantitative estimate of drug-likeness (QED) is 0.735.